The fourth-order valence-corrected chi connectivity index (χ4v) is 4.13. The molecular formula is C23H26ClN3O3S. The summed E-state index contributed by atoms with van der Waals surface area (Å²) in [6, 6.07) is 17.2. The molecule has 0 aliphatic carbocycles. The third kappa shape index (κ3) is 6.43. The van der Waals surface area contributed by atoms with Crippen LogP contribution in [0, 0.1) is 20.8 Å². The highest BCUT2D eigenvalue weighted by Gasteiger charge is 2.17. The first-order valence-electron chi connectivity index (χ1n) is 9.91. The summed E-state index contributed by atoms with van der Waals surface area (Å²) in [7, 11) is -3.77. The lowest BCUT2D eigenvalue weighted by atomic mass is 10.1. The third-order valence-corrected chi connectivity index (χ3v) is 6.24. The Morgan fingerprint density at radius 1 is 0.935 bits per heavy atom. The first-order valence-corrected chi connectivity index (χ1v) is 11.8. The Bertz CT molecular complexity index is 1130. The van der Waals surface area contributed by atoms with Gasteiger partial charge >= 0.3 is 0 Å². The van der Waals surface area contributed by atoms with Gasteiger partial charge < -0.3 is 4.74 Å². The van der Waals surface area contributed by atoms with E-state index in [0.29, 0.717) is 35.3 Å². The minimum Gasteiger partial charge on any atom is -0.487 e. The zero-order valence-corrected chi connectivity index (χ0v) is 19.3. The summed E-state index contributed by atoms with van der Waals surface area (Å²) >= 11 is 5.87. The predicted octanol–water partition coefficient (Wildman–Crippen LogP) is 4.73. The lowest BCUT2D eigenvalue weighted by molar-refractivity contribution is 0.300. The van der Waals surface area contributed by atoms with Crippen molar-refractivity contribution in [2.75, 3.05) is 11.3 Å². The van der Waals surface area contributed by atoms with Gasteiger partial charge in [-0.3, -0.25) is 4.72 Å². The number of benzene rings is 2. The number of aryl methyl sites for hydroxylation is 1. The minimum absolute atomic E-state index is 0.256. The third-order valence-electron chi connectivity index (χ3n) is 4.94. The molecule has 164 valence electrons. The molecular weight excluding hydrogens is 434 g/mol. The summed E-state index contributed by atoms with van der Waals surface area (Å²) in [4.78, 5) is 4.44. The number of nitrogens with zero attached hydrogens (tertiary/aromatic N) is 1. The van der Waals surface area contributed by atoms with Gasteiger partial charge in [-0.1, -0.05) is 54.1 Å². The molecule has 0 aliphatic rings. The molecule has 3 rings (SSSR count). The Hall–Kier alpha value is -2.61. The van der Waals surface area contributed by atoms with Crippen molar-refractivity contribution in [3.63, 3.8) is 0 Å². The standard InChI is InChI=1S/C23H26ClN3O3S/c1-16-17(2)23(26-18(3)22(16)30-15-20-7-5-4-6-8-20)27-31(28,29)25-14-13-19-9-11-21(24)12-10-19/h4-12,25H,13-15H2,1-3H3,(H,26,27). The molecule has 0 unspecified atom stereocenters. The van der Waals surface area contributed by atoms with E-state index < -0.39 is 10.2 Å². The average Bonchev–Trinajstić information content (AvgIpc) is 2.73. The summed E-state index contributed by atoms with van der Waals surface area (Å²) in [6.07, 6.45) is 0.550. The minimum atomic E-state index is -3.77. The van der Waals surface area contributed by atoms with Gasteiger partial charge in [-0.2, -0.15) is 13.1 Å². The van der Waals surface area contributed by atoms with Crippen LogP contribution in [0.25, 0.3) is 0 Å². The predicted molar refractivity (Wildman–Crippen MR) is 125 cm³/mol. The van der Waals surface area contributed by atoms with Crippen molar-refractivity contribution in [2.45, 2.75) is 33.8 Å². The quantitative estimate of drug-likeness (QED) is 0.484. The van der Waals surface area contributed by atoms with Crippen molar-refractivity contribution in [3.05, 3.63) is 87.6 Å². The van der Waals surface area contributed by atoms with Gasteiger partial charge in [-0.25, -0.2) is 4.98 Å². The molecule has 8 heteroatoms. The van der Waals surface area contributed by atoms with Crippen LogP contribution in [-0.2, 0) is 23.2 Å². The molecule has 2 N–H and O–H groups in total. The van der Waals surface area contributed by atoms with E-state index >= 15 is 0 Å². The van der Waals surface area contributed by atoms with Crippen LogP contribution in [0.2, 0.25) is 5.02 Å². The molecule has 1 aromatic heterocycles. The molecule has 0 amide bonds. The molecule has 1 heterocycles. The lowest BCUT2D eigenvalue weighted by Gasteiger charge is -2.17. The number of aromatic nitrogens is 1. The van der Waals surface area contributed by atoms with Crippen molar-refractivity contribution >= 4 is 27.6 Å². The second kappa shape index (κ2) is 10.1. The van der Waals surface area contributed by atoms with Gasteiger partial charge in [0.05, 0.1) is 5.69 Å². The van der Waals surface area contributed by atoms with Crippen LogP contribution in [0.1, 0.15) is 27.9 Å². The Kier molecular flexibility index (Phi) is 7.54. The Morgan fingerprint density at radius 2 is 1.61 bits per heavy atom. The Labute approximate surface area is 188 Å². The van der Waals surface area contributed by atoms with E-state index in [-0.39, 0.29) is 6.54 Å². The van der Waals surface area contributed by atoms with Crippen molar-refractivity contribution < 1.29 is 13.2 Å². The summed E-state index contributed by atoms with van der Waals surface area (Å²) in [6.45, 7) is 6.20. The fourth-order valence-electron chi connectivity index (χ4n) is 3.11. The number of hydrogen-bond donors (Lipinski definition) is 2. The fraction of sp³-hybridized carbons (Fsp3) is 0.261. The number of rotatable bonds is 9. The Balaban J connectivity index is 1.65. The van der Waals surface area contributed by atoms with Gasteiger partial charge in [0.2, 0.25) is 0 Å². The number of ether oxygens (including phenoxy) is 1. The van der Waals surface area contributed by atoms with Crippen LogP contribution < -0.4 is 14.2 Å². The maximum atomic E-state index is 12.5. The SMILES string of the molecule is Cc1nc(NS(=O)(=O)NCCc2ccc(Cl)cc2)c(C)c(C)c1OCc1ccccc1. The highest BCUT2D eigenvalue weighted by atomic mass is 35.5. The number of halogens is 1. The van der Waals surface area contributed by atoms with Gasteiger partial charge in [-0.15, -0.1) is 0 Å². The smallest absolute Gasteiger partial charge is 0.300 e. The van der Waals surface area contributed by atoms with Crippen molar-refractivity contribution in [1.82, 2.24) is 9.71 Å². The number of pyridine rings is 1. The molecule has 3 aromatic rings. The van der Waals surface area contributed by atoms with E-state index in [1.165, 1.54) is 0 Å². The molecule has 0 aliphatic heterocycles. The monoisotopic (exact) mass is 459 g/mol. The normalized spacial score (nSPS) is 11.4. The van der Waals surface area contributed by atoms with Crippen molar-refractivity contribution in [1.29, 1.82) is 0 Å². The Morgan fingerprint density at radius 3 is 2.29 bits per heavy atom. The molecule has 0 fully saturated rings. The van der Waals surface area contributed by atoms with E-state index in [4.69, 9.17) is 16.3 Å². The summed E-state index contributed by atoms with van der Waals surface area (Å²) in [5, 5.41) is 0.648. The van der Waals surface area contributed by atoms with Crippen LogP contribution in [0.4, 0.5) is 5.82 Å². The van der Waals surface area contributed by atoms with Crippen LogP contribution in [0.3, 0.4) is 0 Å². The second-order valence-corrected chi connectivity index (χ2v) is 9.21. The molecule has 0 radical (unpaired) electrons. The molecule has 0 bridgehead atoms. The van der Waals surface area contributed by atoms with Gasteiger partial charge in [0.25, 0.3) is 10.2 Å². The van der Waals surface area contributed by atoms with E-state index in [9.17, 15) is 8.42 Å². The number of nitrogens with one attached hydrogen (secondary N) is 2. The maximum Gasteiger partial charge on any atom is 0.300 e. The van der Waals surface area contributed by atoms with E-state index in [0.717, 1.165) is 22.3 Å². The van der Waals surface area contributed by atoms with Crippen LogP contribution >= 0.6 is 11.6 Å². The lowest BCUT2D eigenvalue weighted by Crippen LogP contribution is -2.32. The van der Waals surface area contributed by atoms with Gasteiger partial charge in [0.1, 0.15) is 18.2 Å². The first kappa shape index (κ1) is 23.1. The van der Waals surface area contributed by atoms with Gasteiger partial charge in [0.15, 0.2) is 0 Å². The topological polar surface area (TPSA) is 80.3 Å². The van der Waals surface area contributed by atoms with Crippen LogP contribution in [0.15, 0.2) is 54.6 Å². The van der Waals surface area contributed by atoms with Gasteiger partial charge in [-0.05, 0) is 61.6 Å². The molecule has 0 atom stereocenters. The molecule has 6 nitrogen and oxygen atoms in total. The number of hydrogen-bond acceptors (Lipinski definition) is 4. The van der Waals surface area contributed by atoms with E-state index in [1.54, 1.807) is 19.1 Å². The largest absolute Gasteiger partial charge is 0.487 e. The van der Waals surface area contributed by atoms with Crippen molar-refractivity contribution in [3.8, 4) is 5.75 Å². The number of anilines is 1. The maximum absolute atomic E-state index is 12.5. The van der Waals surface area contributed by atoms with Crippen molar-refractivity contribution in [2.24, 2.45) is 0 Å². The van der Waals surface area contributed by atoms with Crippen LogP contribution in [-0.4, -0.2) is 19.9 Å². The zero-order valence-electron chi connectivity index (χ0n) is 17.8. The summed E-state index contributed by atoms with van der Waals surface area (Å²) in [5.74, 6) is 0.959. The summed E-state index contributed by atoms with van der Waals surface area (Å²) in [5.41, 5.74) is 4.23. The summed E-state index contributed by atoms with van der Waals surface area (Å²) < 4.78 is 36.1. The second-order valence-electron chi connectivity index (χ2n) is 7.28. The first-order chi connectivity index (χ1) is 14.7. The zero-order chi connectivity index (χ0) is 22.4. The van der Waals surface area contributed by atoms with E-state index in [1.807, 2.05) is 56.3 Å². The highest BCUT2D eigenvalue weighted by Crippen LogP contribution is 2.30. The molecule has 2 aromatic carbocycles. The molecule has 31 heavy (non-hydrogen) atoms. The molecule has 0 saturated carbocycles. The highest BCUT2D eigenvalue weighted by molar-refractivity contribution is 7.90. The van der Waals surface area contributed by atoms with Gasteiger partial charge in [0, 0.05) is 11.6 Å². The molecule has 0 saturated heterocycles. The van der Waals surface area contributed by atoms with E-state index in [2.05, 4.69) is 14.4 Å². The molecule has 0 spiro atoms. The van der Waals surface area contributed by atoms with Crippen LogP contribution in [0.5, 0.6) is 5.75 Å². The average molecular weight is 460 g/mol.